The fraction of sp³-hybridized carbons (Fsp3) is 0.267. The first kappa shape index (κ1) is 12.8. The Morgan fingerprint density at radius 2 is 1.80 bits per heavy atom. The van der Waals surface area contributed by atoms with Crippen molar-refractivity contribution in [3.63, 3.8) is 0 Å². The van der Waals surface area contributed by atoms with E-state index >= 15 is 0 Å². The molecule has 1 aliphatic heterocycles. The summed E-state index contributed by atoms with van der Waals surface area (Å²) in [7, 11) is 0. The molecule has 0 spiro atoms. The van der Waals surface area contributed by atoms with Crippen LogP contribution in [-0.2, 0) is 0 Å². The van der Waals surface area contributed by atoms with Crippen LogP contribution in [0.5, 0.6) is 0 Å². The van der Waals surface area contributed by atoms with Crippen LogP contribution in [0.4, 0.5) is 20.2 Å². The molecule has 1 saturated heterocycles. The van der Waals surface area contributed by atoms with Crippen LogP contribution in [0.1, 0.15) is 24.4 Å². The molecule has 1 aromatic heterocycles. The van der Waals surface area contributed by atoms with Crippen molar-refractivity contribution >= 4 is 11.4 Å². The van der Waals surface area contributed by atoms with Crippen LogP contribution in [0, 0.1) is 11.6 Å². The Hall–Kier alpha value is -2.17. The molecule has 0 amide bonds. The lowest BCUT2D eigenvalue weighted by Crippen LogP contribution is -2.24. The van der Waals surface area contributed by atoms with E-state index in [1.807, 2.05) is 12.1 Å². The van der Waals surface area contributed by atoms with E-state index in [1.54, 1.807) is 17.3 Å². The van der Waals surface area contributed by atoms with Gasteiger partial charge < -0.3 is 10.6 Å². The van der Waals surface area contributed by atoms with Crippen LogP contribution in [0.2, 0.25) is 0 Å². The zero-order chi connectivity index (χ0) is 14.1. The largest absolute Gasteiger partial charge is 0.399 e. The first-order valence-corrected chi connectivity index (χ1v) is 6.58. The molecule has 3 nitrogen and oxygen atoms in total. The molecule has 2 aromatic rings. The third kappa shape index (κ3) is 2.19. The van der Waals surface area contributed by atoms with Crippen LogP contribution in [-0.4, -0.2) is 11.5 Å². The Labute approximate surface area is 116 Å². The first-order valence-electron chi connectivity index (χ1n) is 6.58. The molecule has 1 fully saturated rings. The maximum atomic E-state index is 14.1. The minimum atomic E-state index is -0.608. The van der Waals surface area contributed by atoms with E-state index in [1.165, 1.54) is 12.1 Å². The topological polar surface area (TPSA) is 42.1 Å². The molecule has 0 radical (unpaired) electrons. The average molecular weight is 275 g/mol. The SMILES string of the molecule is Nc1cc(F)c(N2CCCC2c2ccncc2)c(F)c1. The Morgan fingerprint density at radius 1 is 1.15 bits per heavy atom. The van der Waals surface area contributed by atoms with E-state index in [-0.39, 0.29) is 17.4 Å². The fourth-order valence-corrected chi connectivity index (χ4v) is 2.83. The van der Waals surface area contributed by atoms with Gasteiger partial charge in [0, 0.05) is 24.6 Å². The third-order valence-electron chi connectivity index (χ3n) is 3.67. The highest BCUT2D eigenvalue weighted by molar-refractivity contribution is 5.57. The number of benzene rings is 1. The van der Waals surface area contributed by atoms with Gasteiger partial charge in [0.05, 0.1) is 6.04 Å². The van der Waals surface area contributed by atoms with Crippen molar-refractivity contribution in [1.29, 1.82) is 0 Å². The summed E-state index contributed by atoms with van der Waals surface area (Å²) in [6.07, 6.45) is 5.16. The number of nitrogen functional groups attached to an aromatic ring is 1. The molecule has 20 heavy (non-hydrogen) atoms. The van der Waals surface area contributed by atoms with Gasteiger partial charge in [-0.05, 0) is 42.7 Å². The summed E-state index contributed by atoms with van der Waals surface area (Å²) < 4.78 is 28.2. The summed E-state index contributed by atoms with van der Waals surface area (Å²) in [4.78, 5) is 5.76. The van der Waals surface area contributed by atoms with Gasteiger partial charge in [-0.25, -0.2) is 8.78 Å². The van der Waals surface area contributed by atoms with E-state index < -0.39 is 11.6 Å². The maximum Gasteiger partial charge on any atom is 0.151 e. The number of nitrogens with two attached hydrogens (primary N) is 1. The minimum absolute atomic E-state index is 0.0125. The molecule has 2 N–H and O–H groups in total. The van der Waals surface area contributed by atoms with Crippen LogP contribution >= 0.6 is 0 Å². The fourth-order valence-electron chi connectivity index (χ4n) is 2.83. The molecule has 2 heterocycles. The molecule has 1 atom stereocenters. The quantitative estimate of drug-likeness (QED) is 0.855. The van der Waals surface area contributed by atoms with E-state index in [4.69, 9.17) is 5.73 Å². The molecule has 0 bridgehead atoms. The molecule has 1 aliphatic rings. The summed E-state index contributed by atoms with van der Waals surface area (Å²) in [6.45, 7) is 0.630. The van der Waals surface area contributed by atoms with Gasteiger partial charge in [-0.1, -0.05) is 0 Å². The third-order valence-corrected chi connectivity index (χ3v) is 3.67. The highest BCUT2D eigenvalue weighted by atomic mass is 19.1. The lowest BCUT2D eigenvalue weighted by Gasteiger charge is -2.28. The average Bonchev–Trinajstić information content (AvgIpc) is 2.87. The van der Waals surface area contributed by atoms with Crippen molar-refractivity contribution in [3.05, 3.63) is 53.9 Å². The normalized spacial score (nSPS) is 18.5. The lowest BCUT2D eigenvalue weighted by molar-refractivity contribution is 0.566. The predicted molar refractivity (Wildman–Crippen MR) is 74.3 cm³/mol. The second-order valence-corrected chi connectivity index (χ2v) is 4.97. The summed E-state index contributed by atoms with van der Waals surface area (Å²) in [6, 6.07) is 6.08. The molecule has 3 rings (SSSR count). The smallest absolute Gasteiger partial charge is 0.151 e. The molecular weight excluding hydrogens is 260 g/mol. The molecule has 104 valence electrons. The molecule has 0 aliphatic carbocycles. The van der Waals surface area contributed by atoms with Crippen LogP contribution < -0.4 is 10.6 Å². The van der Waals surface area contributed by atoms with Gasteiger partial charge in [0.25, 0.3) is 0 Å². The second-order valence-electron chi connectivity index (χ2n) is 4.97. The summed E-state index contributed by atoms with van der Waals surface area (Å²) in [5.41, 5.74) is 6.60. The number of hydrogen-bond acceptors (Lipinski definition) is 3. The molecule has 1 unspecified atom stereocenters. The van der Waals surface area contributed by atoms with Gasteiger partial charge in [0.15, 0.2) is 11.6 Å². The minimum Gasteiger partial charge on any atom is -0.399 e. The molecular formula is C15H15F2N3. The van der Waals surface area contributed by atoms with Gasteiger partial charge >= 0.3 is 0 Å². The maximum absolute atomic E-state index is 14.1. The highest BCUT2D eigenvalue weighted by Gasteiger charge is 2.30. The van der Waals surface area contributed by atoms with Crippen molar-refractivity contribution < 1.29 is 8.78 Å². The van der Waals surface area contributed by atoms with Gasteiger partial charge in [-0.15, -0.1) is 0 Å². The zero-order valence-electron chi connectivity index (χ0n) is 10.9. The summed E-state index contributed by atoms with van der Waals surface area (Å²) in [5, 5.41) is 0. The van der Waals surface area contributed by atoms with Gasteiger partial charge in [0.2, 0.25) is 0 Å². The van der Waals surface area contributed by atoms with Gasteiger partial charge in [-0.3, -0.25) is 4.98 Å². The lowest BCUT2D eigenvalue weighted by atomic mass is 10.1. The number of aromatic nitrogens is 1. The monoisotopic (exact) mass is 275 g/mol. The Balaban J connectivity index is 2.01. The molecule has 5 heteroatoms. The van der Waals surface area contributed by atoms with Crippen molar-refractivity contribution in [1.82, 2.24) is 4.98 Å². The van der Waals surface area contributed by atoms with Gasteiger partial charge in [0.1, 0.15) is 5.69 Å². The summed E-state index contributed by atoms with van der Waals surface area (Å²) >= 11 is 0. The van der Waals surface area contributed by atoms with Crippen molar-refractivity contribution in [2.45, 2.75) is 18.9 Å². The number of anilines is 2. The molecule has 1 aromatic carbocycles. The molecule has 0 saturated carbocycles. The van der Waals surface area contributed by atoms with E-state index in [2.05, 4.69) is 4.98 Å². The van der Waals surface area contributed by atoms with Crippen LogP contribution in [0.25, 0.3) is 0 Å². The van der Waals surface area contributed by atoms with Crippen LogP contribution in [0.3, 0.4) is 0 Å². The first-order chi connectivity index (χ1) is 9.66. The number of halogens is 2. The summed E-state index contributed by atoms with van der Waals surface area (Å²) in [5.74, 6) is -1.22. The number of nitrogens with zero attached hydrogens (tertiary/aromatic N) is 2. The Kier molecular flexibility index (Phi) is 3.26. The number of rotatable bonds is 2. The predicted octanol–water partition coefficient (Wildman–Crippen LogP) is 3.28. The van der Waals surface area contributed by atoms with E-state index in [9.17, 15) is 8.78 Å². The van der Waals surface area contributed by atoms with Crippen molar-refractivity contribution in [2.24, 2.45) is 0 Å². The van der Waals surface area contributed by atoms with Crippen molar-refractivity contribution in [3.8, 4) is 0 Å². The second kappa shape index (κ2) is 5.07. The number of pyridine rings is 1. The van der Waals surface area contributed by atoms with Gasteiger partial charge in [-0.2, -0.15) is 0 Å². The van der Waals surface area contributed by atoms with Crippen LogP contribution in [0.15, 0.2) is 36.7 Å². The van der Waals surface area contributed by atoms with E-state index in [0.29, 0.717) is 6.54 Å². The Morgan fingerprint density at radius 3 is 2.45 bits per heavy atom. The highest BCUT2D eigenvalue weighted by Crippen LogP contribution is 2.38. The zero-order valence-corrected chi connectivity index (χ0v) is 10.9. The number of hydrogen-bond donors (Lipinski definition) is 1. The van der Waals surface area contributed by atoms with E-state index in [0.717, 1.165) is 18.4 Å². The Bertz CT molecular complexity index is 593. The standard InChI is InChI=1S/C15H15F2N3/c16-12-8-11(18)9-13(17)15(12)20-7-1-2-14(20)10-3-5-19-6-4-10/h3-6,8-9,14H,1-2,7,18H2. The van der Waals surface area contributed by atoms with Crippen molar-refractivity contribution in [2.75, 3.05) is 17.2 Å².